The Kier molecular flexibility index (Phi) is 345. The minimum Gasteiger partial charge on any atom is -0.153 e. The van der Waals surface area contributed by atoms with Crippen LogP contribution in [-0.2, 0) is 20.4 Å². The summed E-state index contributed by atoms with van der Waals surface area (Å²) >= 11 is 0. The number of hydrogen-bond donors (Lipinski definition) is 0. The van der Waals surface area contributed by atoms with Gasteiger partial charge in [-0.3, -0.25) is 0 Å². The molecule has 0 heterocycles. The Morgan fingerprint density at radius 3 is 0.400 bits per heavy atom. The van der Waals surface area contributed by atoms with Crippen molar-refractivity contribution in [3.05, 3.63) is 0 Å². The summed E-state index contributed by atoms with van der Waals surface area (Å²) in [6.45, 7) is 0. The van der Waals surface area contributed by atoms with Gasteiger partial charge in [0.2, 0.25) is 0 Å². The molecule has 0 saturated heterocycles. The average Bonchev–Trinajstić information content (AvgIpc) is 0. The SMILES string of the molecule is P.P.P.P.[Pd]. The van der Waals surface area contributed by atoms with Gasteiger partial charge in [-0.2, -0.15) is 39.6 Å². The second-order valence-corrected chi connectivity index (χ2v) is 0. The molecule has 5 heavy (non-hydrogen) atoms. The van der Waals surface area contributed by atoms with Gasteiger partial charge < -0.3 is 0 Å². The van der Waals surface area contributed by atoms with E-state index in [-0.39, 0.29) is 60.0 Å². The molecular formula is H12P4Pd. The van der Waals surface area contributed by atoms with Crippen LogP contribution in [0.15, 0.2) is 0 Å². The third-order valence-corrected chi connectivity index (χ3v) is 0. The van der Waals surface area contributed by atoms with Crippen LogP contribution in [0.5, 0.6) is 0 Å². The summed E-state index contributed by atoms with van der Waals surface area (Å²) in [6, 6.07) is 0. The molecule has 0 fully saturated rings. The zero-order valence-electron chi connectivity index (χ0n) is 3.14. The minimum atomic E-state index is 0. The van der Waals surface area contributed by atoms with Crippen molar-refractivity contribution >= 4 is 39.6 Å². The molecule has 0 spiro atoms. The summed E-state index contributed by atoms with van der Waals surface area (Å²) < 4.78 is 0. The first-order valence-electron chi connectivity index (χ1n) is 0. The molecule has 0 amide bonds. The molecule has 42 valence electrons. The topological polar surface area (TPSA) is 0 Å². The van der Waals surface area contributed by atoms with E-state index in [2.05, 4.69) is 0 Å². The van der Waals surface area contributed by atoms with E-state index in [1.807, 2.05) is 0 Å². The minimum absolute atomic E-state index is 0. The molecule has 0 aromatic rings. The van der Waals surface area contributed by atoms with Crippen molar-refractivity contribution in [2.24, 2.45) is 0 Å². The maximum Gasteiger partial charge on any atom is 0 e. The smallest absolute Gasteiger partial charge is 0 e. The zero-order chi connectivity index (χ0) is 0. The van der Waals surface area contributed by atoms with Crippen LogP contribution in [0.1, 0.15) is 0 Å². The fourth-order valence-corrected chi connectivity index (χ4v) is 0. The summed E-state index contributed by atoms with van der Waals surface area (Å²) in [5.41, 5.74) is 0. The van der Waals surface area contributed by atoms with E-state index in [0.717, 1.165) is 0 Å². The molecule has 0 aliphatic heterocycles. The predicted octanol–water partition coefficient (Wildman–Crippen LogP) is 0.230. The van der Waals surface area contributed by atoms with E-state index >= 15 is 0 Å². The number of rotatable bonds is 0. The maximum absolute atomic E-state index is 0. The summed E-state index contributed by atoms with van der Waals surface area (Å²) in [6.07, 6.45) is 0. The van der Waals surface area contributed by atoms with Crippen LogP contribution >= 0.6 is 39.6 Å². The molecule has 0 bridgehead atoms. The molecule has 4 unspecified atom stereocenters. The molecule has 0 nitrogen and oxygen atoms in total. The zero-order valence-corrected chi connectivity index (χ0v) is 10.4. The average molecular weight is 242 g/mol. The van der Waals surface area contributed by atoms with Crippen molar-refractivity contribution in [3.63, 3.8) is 0 Å². The van der Waals surface area contributed by atoms with Gasteiger partial charge in [0.1, 0.15) is 0 Å². The van der Waals surface area contributed by atoms with E-state index in [1.54, 1.807) is 0 Å². The van der Waals surface area contributed by atoms with Crippen molar-refractivity contribution in [3.8, 4) is 0 Å². The Morgan fingerprint density at radius 2 is 0.400 bits per heavy atom. The van der Waals surface area contributed by atoms with Gasteiger partial charge in [-0.1, -0.05) is 0 Å². The third-order valence-electron chi connectivity index (χ3n) is 0. The molecule has 4 atom stereocenters. The van der Waals surface area contributed by atoms with Crippen LogP contribution in [0.3, 0.4) is 0 Å². The quantitative estimate of drug-likeness (QED) is 0.421. The van der Waals surface area contributed by atoms with Gasteiger partial charge >= 0.3 is 0 Å². The van der Waals surface area contributed by atoms with E-state index in [0.29, 0.717) is 0 Å². The maximum atomic E-state index is 0. The fraction of sp³-hybridized carbons (Fsp3) is 0. The van der Waals surface area contributed by atoms with Crippen LogP contribution in [0.4, 0.5) is 0 Å². The molecule has 0 aromatic heterocycles. The molecule has 0 aliphatic rings. The normalized spacial score (nSPS) is 0. The van der Waals surface area contributed by atoms with Gasteiger partial charge in [-0.25, -0.2) is 0 Å². The van der Waals surface area contributed by atoms with E-state index < -0.39 is 0 Å². The largest absolute Gasteiger partial charge is 0.153 e. The Bertz CT molecular complexity index is 3.61. The first-order chi connectivity index (χ1) is 0. The van der Waals surface area contributed by atoms with Crippen molar-refractivity contribution in [2.45, 2.75) is 0 Å². The molecule has 0 aromatic carbocycles. The molecule has 0 aliphatic carbocycles. The Balaban J connectivity index is 0. The summed E-state index contributed by atoms with van der Waals surface area (Å²) in [5.74, 6) is 0. The first kappa shape index (κ1) is 53.0. The molecular weight excluding hydrogens is 230 g/mol. The summed E-state index contributed by atoms with van der Waals surface area (Å²) in [7, 11) is 0. The molecule has 0 rings (SSSR count). The first-order valence-corrected chi connectivity index (χ1v) is 0. The second-order valence-electron chi connectivity index (χ2n) is 0. The summed E-state index contributed by atoms with van der Waals surface area (Å²) in [5, 5.41) is 0. The molecule has 5 heteroatoms. The van der Waals surface area contributed by atoms with E-state index in [1.165, 1.54) is 0 Å². The van der Waals surface area contributed by atoms with Gasteiger partial charge in [0.05, 0.1) is 0 Å². The van der Waals surface area contributed by atoms with Crippen molar-refractivity contribution in [2.75, 3.05) is 0 Å². The third kappa shape index (κ3) is 21.6. The molecule has 0 radical (unpaired) electrons. The molecule has 0 saturated carbocycles. The predicted molar refractivity (Wildman–Crippen MR) is 44.4 cm³/mol. The van der Waals surface area contributed by atoms with E-state index in [4.69, 9.17) is 0 Å². The van der Waals surface area contributed by atoms with Crippen molar-refractivity contribution in [1.29, 1.82) is 0 Å². The fourth-order valence-electron chi connectivity index (χ4n) is 0. The van der Waals surface area contributed by atoms with Crippen LogP contribution in [0, 0.1) is 0 Å². The van der Waals surface area contributed by atoms with Gasteiger partial charge in [-0.05, 0) is 0 Å². The van der Waals surface area contributed by atoms with Crippen LogP contribution in [-0.4, -0.2) is 0 Å². The van der Waals surface area contributed by atoms with E-state index in [9.17, 15) is 0 Å². The molecule has 0 N–H and O–H groups in total. The van der Waals surface area contributed by atoms with Crippen LogP contribution in [0.2, 0.25) is 0 Å². The summed E-state index contributed by atoms with van der Waals surface area (Å²) in [4.78, 5) is 0. The van der Waals surface area contributed by atoms with Crippen molar-refractivity contribution < 1.29 is 20.4 Å². The van der Waals surface area contributed by atoms with Gasteiger partial charge in [0.15, 0.2) is 0 Å². The Labute approximate surface area is 60.2 Å². The van der Waals surface area contributed by atoms with Crippen LogP contribution < -0.4 is 0 Å². The second kappa shape index (κ2) is 32.6. The standard InChI is InChI=1S/4H3P.Pd/h4*1H3;. The monoisotopic (exact) mass is 242 g/mol. The Hall–Kier alpha value is 2.38. The van der Waals surface area contributed by atoms with Gasteiger partial charge in [0, 0.05) is 20.4 Å². The van der Waals surface area contributed by atoms with Gasteiger partial charge in [0.25, 0.3) is 0 Å². The van der Waals surface area contributed by atoms with Gasteiger partial charge in [-0.15, -0.1) is 0 Å². The number of hydrogen-bond acceptors (Lipinski definition) is 0. The Morgan fingerprint density at radius 1 is 0.400 bits per heavy atom. The van der Waals surface area contributed by atoms with Crippen molar-refractivity contribution in [1.82, 2.24) is 0 Å². The van der Waals surface area contributed by atoms with Crippen LogP contribution in [0.25, 0.3) is 0 Å².